The van der Waals surface area contributed by atoms with Crippen LogP contribution in [0.3, 0.4) is 0 Å². The number of aliphatic hydroxyl groups is 1. The fourth-order valence-electron chi connectivity index (χ4n) is 5.44. The van der Waals surface area contributed by atoms with Gasteiger partial charge >= 0.3 is 0 Å². The Kier molecular flexibility index (Phi) is 9.35. The molecule has 0 aromatic heterocycles. The number of aliphatic hydroxyl groups excluding tert-OH is 1. The topological polar surface area (TPSA) is 72.9 Å². The van der Waals surface area contributed by atoms with Gasteiger partial charge in [0.15, 0.2) is 0 Å². The maximum absolute atomic E-state index is 13.8. The first-order valence-corrected chi connectivity index (χ1v) is 14.0. The van der Waals surface area contributed by atoms with Crippen LogP contribution in [-0.4, -0.2) is 65.0 Å². The molecule has 0 bridgehead atoms. The number of carbonyl (C=O) groups is 2. The van der Waals surface area contributed by atoms with Gasteiger partial charge < -0.3 is 20.2 Å². The number of halogens is 3. The number of hydrogen-bond acceptors (Lipinski definition) is 4. The van der Waals surface area contributed by atoms with Crippen molar-refractivity contribution in [3.63, 3.8) is 0 Å². The Morgan fingerprint density at radius 3 is 2.26 bits per heavy atom. The maximum Gasteiger partial charge on any atom is 0.230 e. The molecule has 2 amide bonds. The third kappa shape index (κ3) is 6.68. The largest absolute Gasteiger partial charge is 0.394 e. The Labute approximate surface area is 234 Å². The van der Waals surface area contributed by atoms with E-state index in [0.29, 0.717) is 34.6 Å². The highest BCUT2D eigenvalue weighted by Gasteiger charge is 2.39. The van der Waals surface area contributed by atoms with Crippen LogP contribution >= 0.6 is 23.2 Å². The molecule has 1 heterocycles. The molecule has 0 radical (unpaired) electrons. The maximum atomic E-state index is 13.8. The van der Waals surface area contributed by atoms with Crippen molar-refractivity contribution >= 4 is 35.0 Å². The number of rotatable bonds is 10. The van der Waals surface area contributed by atoms with E-state index in [1.807, 2.05) is 13.0 Å². The monoisotopic (exact) mass is 563 g/mol. The standard InChI is InChI=1S/C29H36Cl2FN3O3/c1-19(37)35(23-8-9-23)24-11-14-34(15-12-24)16-13-29(2,21-5-10-25(30)26(31)17-21)28(38)33-27(18-36)20-3-6-22(32)7-4-20/h3-7,10,17,23-24,27,36H,8-9,11-16,18H2,1-2H3,(H,33,38)/t27-,29?/m0/s1. The lowest BCUT2D eigenvalue weighted by Gasteiger charge is -2.40. The van der Waals surface area contributed by atoms with Gasteiger partial charge in [0.2, 0.25) is 11.8 Å². The van der Waals surface area contributed by atoms with Gasteiger partial charge in [0.05, 0.1) is 28.1 Å². The average molecular weight is 565 g/mol. The highest BCUT2D eigenvalue weighted by atomic mass is 35.5. The molecule has 1 saturated heterocycles. The van der Waals surface area contributed by atoms with Crippen LogP contribution in [0.4, 0.5) is 4.39 Å². The summed E-state index contributed by atoms with van der Waals surface area (Å²) in [7, 11) is 0. The molecular weight excluding hydrogens is 528 g/mol. The lowest BCUT2D eigenvalue weighted by Crippen LogP contribution is -2.50. The van der Waals surface area contributed by atoms with E-state index < -0.39 is 11.5 Å². The van der Waals surface area contributed by atoms with Crippen molar-refractivity contribution in [3.05, 3.63) is 69.5 Å². The van der Waals surface area contributed by atoms with Crippen molar-refractivity contribution in [2.45, 2.75) is 69.5 Å². The van der Waals surface area contributed by atoms with Crippen molar-refractivity contribution in [1.82, 2.24) is 15.1 Å². The molecule has 206 valence electrons. The second kappa shape index (κ2) is 12.3. The molecule has 2 N–H and O–H groups in total. The number of carbonyl (C=O) groups excluding carboxylic acids is 2. The van der Waals surface area contributed by atoms with Crippen LogP contribution in [0.5, 0.6) is 0 Å². The van der Waals surface area contributed by atoms with Crippen LogP contribution in [0.25, 0.3) is 0 Å². The van der Waals surface area contributed by atoms with Crippen molar-refractivity contribution in [2.24, 2.45) is 0 Å². The van der Waals surface area contributed by atoms with E-state index in [1.165, 1.54) is 12.1 Å². The van der Waals surface area contributed by atoms with Crippen LogP contribution in [0.2, 0.25) is 10.0 Å². The van der Waals surface area contributed by atoms with E-state index in [1.54, 1.807) is 31.2 Å². The van der Waals surface area contributed by atoms with E-state index in [0.717, 1.165) is 44.3 Å². The van der Waals surface area contributed by atoms with Gasteiger partial charge in [-0.3, -0.25) is 9.59 Å². The SMILES string of the molecule is CC(=O)N(C1CC1)C1CCN(CCC(C)(C(=O)N[C@@H](CO)c2ccc(F)cc2)c2ccc(Cl)c(Cl)c2)CC1. The molecule has 4 rings (SSSR count). The number of benzene rings is 2. The normalized spacial score (nSPS) is 19.0. The van der Waals surface area contributed by atoms with E-state index >= 15 is 0 Å². The van der Waals surface area contributed by atoms with Crippen molar-refractivity contribution in [3.8, 4) is 0 Å². The molecule has 2 aromatic rings. The molecule has 2 fully saturated rings. The number of nitrogens with zero attached hydrogens (tertiary/aromatic N) is 2. The first-order chi connectivity index (χ1) is 18.1. The highest BCUT2D eigenvalue weighted by Crippen LogP contribution is 2.35. The van der Waals surface area contributed by atoms with Crippen LogP contribution in [0.1, 0.15) is 63.1 Å². The fraction of sp³-hybridized carbons (Fsp3) is 0.517. The van der Waals surface area contributed by atoms with Gasteiger partial charge in [0.1, 0.15) is 5.82 Å². The molecule has 1 aliphatic heterocycles. The smallest absolute Gasteiger partial charge is 0.230 e. The average Bonchev–Trinajstić information content (AvgIpc) is 3.73. The summed E-state index contributed by atoms with van der Waals surface area (Å²) in [5, 5.41) is 13.8. The molecule has 1 aliphatic carbocycles. The van der Waals surface area contributed by atoms with Crippen molar-refractivity contribution < 1.29 is 19.1 Å². The Morgan fingerprint density at radius 1 is 1.08 bits per heavy atom. The lowest BCUT2D eigenvalue weighted by atomic mass is 9.78. The van der Waals surface area contributed by atoms with Crippen molar-refractivity contribution in [2.75, 3.05) is 26.2 Å². The predicted octanol–water partition coefficient (Wildman–Crippen LogP) is 5.11. The second-order valence-electron chi connectivity index (χ2n) is 10.7. The van der Waals surface area contributed by atoms with E-state index in [2.05, 4.69) is 15.1 Å². The summed E-state index contributed by atoms with van der Waals surface area (Å²) in [6.07, 6.45) is 4.56. The molecule has 6 nitrogen and oxygen atoms in total. The van der Waals surface area contributed by atoms with Crippen LogP contribution in [0, 0.1) is 5.82 Å². The minimum absolute atomic E-state index is 0.161. The molecule has 2 aromatic carbocycles. The van der Waals surface area contributed by atoms with E-state index in [9.17, 15) is 19.1 Å². The van der Waals surface area contributed by atoms with Gasteiger partial charge in [-0.05, 0) is 81.0 Å². The van der Waals surface area contributed by atoms with Gasteiger partial charge in [-0.2, -0.15) is 0 Å². The summed E-state index contributed by atoms with van der Waals surface area (Å²) in [6.45, 7) is 5.61. The van der Waals surface area contributed by atoms with Crippen molar-refractivity contribution in [1.29, 1.82) is 0 Å². The molecule has 1 unspecified atom stereocenters. The number of amides is 2. The van der Waals surface area contributed by atoms with E-state index in [4.69, 9.17) is 23.2 Å². The van der Waals surface area contributed by atoms with Gasteiger partial charge in [-0.25, -0.2) is 4.39 Å². The number of likely N-dealkylation sites (tertiary alicyclic amines) is 1. The molecule has 38 heavy (non-hydrogen) atoms. The lowest BCUT2D eigenvalue weighted by molar-refractivity contribution is -0.133. The third-order valence-corrected chi connectivity index (χ3v) is 8.74. The first-order valence-electron chi connectivity index (χ1n) is 13.3. The summed E-state index contributed by atoms with van der Waals surface area (Å²) in [5.74, 6) is -0.482. The molecule has 2 atom stereocenters. The highest BCUT2D eigenvalue weighted by molar-refractivity contribution is 6.42. The van der Waals surface area contributed by atoms with Gasteiger partial charge in [-0.1, -0.05) is 41.4 Å². The third-order valence-electron chi connectivity index (χ3n) is 8.00. The molecule has 0 spiro atoms. The summed E-state index contributed by atoms with van der Waals surface area (Å²) in [4.78, 5) is 30.4. The number of hydrogen-bond donors (Lipinski definition) is 2. The fourth-order valence-corrected chi connectivity index (χ4v) is 5.74. The Hall–Kier alpha value is -2.19. The van der Waals surface area contributed by atoms with Gasteiger partial charge in [0.25, 0.3) is 0 Å². The predicted molar refractivity (Wildman–Crippen MR) is 148 cm³/mol. The van der Waals surface area contributed by atoms with Crippen LogP contribution in [0.15, 0.2) is 42.5 Å². The zero-order valence-corrected chi connectivity index (χ0v) is 23.4. The first kappa shape index (κ1) is 28.8. The van der Waals surface area contributed by atoms with E-state index in [-0.39, 0.29) is 30.3 Å². The molecule has 1 saturated carbocycles. The Morgan fingerprint density at radius 2 is 1.71 bits per heavy atom. The molecule has 2 aliphatic rings. The zero-order valence-electron chi connectivity index (χ0n) is 21.9. The number of piperidine rings is 1. The van der Waals surface area contributed by atoms with Gasteiger partial charge in [-0.15, -0.1) is 0 Å². The van der Waals surface area contributed by atoms with Crippen LogP contribution in [-0.2, 0) is 15.0 Å². The second-order valence-corrected chi connectivity index (χ2v) is 11.5. The summed E-state index contributed by atoms with van der Waals surface area (Å²) in [6, 6.07) is 11.0. The minimum atomic E-state index is -0.960. The van der Waals surface area contributed by atoms with Crippen LogP contribution < -0.4 is 5.32 Å². The van der Waals surface area contributed by atoms with Gasteiger partial charge in [0, 0.05) is 32.1 Å². The summed E-state index contributed by atoms with van der Waals surface area (Å²) >= 11 is 12.5. The summed E-state index contributed by atoms with van der Waals surface area (Å²) in [5.41, 5.74) is 0.385. The molecule has 9 heteroatoms. The zero-order chi connectivity index (χ0) is 27.4. The number of nitrogens with one attached hydrogen (secondary N) is 1. The summed E-state index contributed by atoms with van der Waals surface area (Å²) < 4.78 is 13.4. The minimum Gasteiger partial charge on any atom is -0.394 e. The molecular formula is C29H36Cl2FN3O3. The Bertz CT molecular complexity index is 1140. The Balaban J connectivity index is 1.47. The quantitative estimate of drug-likeness (QED) is 0.421.